The molecule has 0 fully saturated rings. The van der Waals surface area contributed by atoms with Crippen LogP contribution in [-0.4, -0.2) is 4.98 Å². The fraction of sp³-hybridized carbons (Fsp3) is 0. The van der Waals surface area contributed by atoms with Crippen LogP contribution in [0, 0.1) is 5.82 Å². The first-order valence-electron chi connectivity index (χ1n) is 3.87. The number of nitrogens with zero attached hydrogens (tertiary/aromatic N) is 1. The van der Waals surface area contributed by atoms with Crippen LogP contribution >= 0.6 is 22.9 Å². The zero-order chi connectivity index (χ0) is 9.97. The quantitative estimate of drug-likeness (QED) is 0.848. The lowest BCUT2D eigenvalue weighted by atomic mass is 10.3. The lowest BCUT2D eigenvalue weighted by Crippen LogP contribution is -1.90. The van der Waals surface area contributed by atoms with Gasteiger partial charge in [-0.2, -0.15) is 0 Å². The smallest absolute Gasteiger partial charge is 0.187 e. The Morgan fingerprint density at radius 2 is 2.29 bits per heavy atom. The van der Waals surface area contributed by atoms with Gasteiger partial charge < -0.3 is 5.32 Å². The van der Waals surface area contributed by atoms with E-state index in [1.54, 1.807) is 6.20 Å². The second-order valence-electron chi connectivity index (χ2n) is 2.59. The molecule has 0 saturated carbocycles. The first-order chi connectivity index (χ1) is 6.75. The number of nitrogens with one attached hydrogen (secondary N) is 1. The van der Waals surface area contributed by atoms with Crippen molar-refractivity contribution in [2.24, 2.45) is 0 Å². The van der Waals surface area contributed by atoms with E-state index in [0.717, 1.165) is 0 Å². The van der Waals surface area contributed by atoms with Crippen molar-refractivity contribution in [3.63, 3.8) is 0 Å². The Kier molecular flexibility index (Phi) is 2.65. The first-order valence-corrected chi connectivity index (χ1v) is 5.13. The Labute approximate surface area is 89.4 Å². The largest absolute Gasteiger partial charge is 0.330 e. The second-order valence-corrected chi connectivity index (χ2v) is 3.89. The van der Waals surface area contributed by atoms with Crippen molar-refractivity contribution in [2.75, 3.05) is 5.32 Å². The number of hydrogen-bond donors (Lipinski definition) is 1. The fourth-order valence-electron chi connectivity index (χ4n) is 0.994. The first kappa shape index (κ1) is 9.43. The molecular weight excluding hydrogens is 223 g/mol. The van der Waals surface area contributed by atoms with E-state index >= 15 is 0 Å². The Hall–Kier alpha value is -1.13. The molecule has 0 amide bonds. The number of anilines is 2. The van der Waals surface area contributed by atoms with Crippen molar-refractivity contribution >= 4 is 33.8 Å². The highest BCUT2D eigenvalue weighted by Gasteiger charge is 2.03. The summed E-state index contributed by atoms with van der Waals surface area (Å²) in [6, 6.07) is 4.16. The lowest BCUT2D eigenvalue weighted by Gasteiger charge is -2.04. The van der Waals surface area contributed by atoms with Crippen LogP contribution in [0.3, 0.4) is 0 Å². The van der Waals surface area contributed by atoms with E-state index in [1.165, 1.54) is 29.5 Å². The van der Waals surface area contributed by atoms with Crippen LogP contribution in [0.15, 0.2) is 29.8 Å². The summed E-state index contributed by atoms with van der Waals surface area (Å²) in [5, 5.41) is 5.92. The van der Waals surface area contributed by atoms with Crippen LogP contribution in [0.25, 0.3) is 0 Å². The van der Waals surface area contributed by atoms with Gasteiger partial charge in [0.25, 0.3) is 0 Å². The van der Waals surface area contributed by atoms with Gasteiger partial charge in [0.2, 0.25) is 0 Å². The maximum absolute atomic E-state index is 12.9. The number of hydrogen-bond acceptors (Lipinski definition) is 3. The van der Waals surface area contributed by atoms with Crippen LogP contribution in [0.1, 0.15) is 0 Å². The second kappa shape index (κ2) is 3.94. The van der Waals surface area contributed by atoms with Gasteiger partial charge in [-0.15, -0.1) is 11.3 Å². The van der Waals surface area contributed by atoms with Crippen LogP contribution in [0.4, 0.5) is 15.2 Å². The normalized spacial score (nSPS) is 10.1. The summed E-state index contributed by atoms with van der Waals surface area (Å²) in [6.45, 7) is 0. The summed E-state index contributed by atoms with van der Waals surface area (Å²) in [4.78, 5) is 4.01. The van der Waals surface area contributed by atoms with Crippen molar-refractivity contribution < 1.29 is 4.39 Å². The number of aromatic nitrogens is 1. The number of halogens is 2. The average Bonchev–Trinajstić information content (AvgIpc) is 2.64. The molecular formula is C9H6ClFN2S. The average molecular weight is 229 g/mol. The molecule has 14 heavy (non-hydrogen) atoms. The molecule has 1 heterocycles. The van der Waals surface area contributed by atoms with Crippen molar-refractivity contribution in [1.82, 2.24) is 4.98 Å². The minimum Gasteiger partial charge on any atom is -0.330 e. The Morgan fingerprint density at radius 3 is 3.00 bits per heavy atom. The third-order valence-electron chi connectivity index (χ3n) is 1.60. The molecule has 1 N–H and O–H groups in total. The molecule has 72 valence electrons. The Bertz CT molecular complexity index is 430. The summed E-state index contributed by atoms with van der Waals surface area (Å²) in [7, 11) is 0. The van der Waals surface area contributed by atoms with Crippen molar-refractivity contribution in [3.8, 4) is 0 Å². The third-order valence-corrected chi connectivity index (χ3v) is 2.62. The Morgan fingerprint density at radius 1 is 1.43 bits per heavy atom. The van der Waals surface area contributed by atoms with Gasteiger partial charge in [-0.25, -0.2) is 9.37 Å². The van der Waals surface area contributed by atoms with Crippen LogP contribution in [0.2, 0.25) is 5.02 Å². The molecule has 0 bridgehead atoms. The highest BCUT2D eigenvalue weighted by molar-refractivity contribution is 7.13. The summed E-state index contributed by atoms with van der Waals surface area (Å²) < 4.78 is 12.9. The van der Waals surface area contributed by atoms with Gasteiger partial charge >= 0.3 is 0 Å². The third kappa shape index (κ3) is 2.02. The van der Waals surface area contributed by atoms with Gasteiger partial charge in [0.1, 0.15) is 5.82 Å². The monoisotopic (exact) mass is 228 g/mol. The molecule has 2 aromatic rings. The summed E-state index contributed by atoms with van der Waals surface area (Å²) >= 11 is 7.29. The predicted octanol–water partition coefficient (Wildman–Crippen LogP) is 3.68. The number of rotatable bonds is 2. The molecule has 5 heteroatoms. The van der Waals surface area contributed by atoms with Gasteiger partial charge in [-0.3, -0.25) is 0 Å². The van der Waals surface area contributed by atoms with Gasteiger partial charge in [0.05, 0.1) is 10.7 Å². The van der Waals surface area contributed by atoms with E-state index in [4.69, 9.17) is 11.6 Å². The van der Waals surface area contributed by atoms with Gasteiger partial charge in [-0.1, -0.05) is 11.6 Å². The minimum absolute atomic E-state index is 0.326. The van der Waals surface area contributed by atoms with Gasteiger partial charge in [0, 0.05) is 11.6 Å². The zero-order valence-electron chi connectivity index (χ0n) is 7.00. The zero-order valence-corrected chi connectivity index (χ0v) is 8.57. The topological polar surface area (TPSA) is 24.9 Å². The lowest BCUT2D eigenvalue weighted by molar-refractivity contribution is 0.628. The summed E-state index contributed by atoms with van der Waals surface area (Å²) in [5.74, 6) is -0.326. The highest BCUT2D eigenvalue weighted by Crippen LogP contribution is 2.26. The van der Waals surface area contributed by atoms with E-state index < -0.39 is 0 Å². The summed E-state index contributed by atoms with van der Waals surface area (Å²) in [6.07, 6.45) is 1.67. The molecule has 1 aromatic carbocycles. The van der Waals surface area contributed by atoms with Crippen LogP contribution in [-0.2, 0) is 0 Å². The van der Waals surface area contributed by atoms with Gasteiger partial charge in [-0.05, 0) is 18.2 Å². The van der Waals surface area contributed by atoms with E-state index in [9.17, 15) is 4.39 Å². The van der Waals surface area contributed by atoms with Crippen molar-refractivity contribution in [3.05, 3.63) is 40.6 Å². The van der Waals surface area contributed by atoms with Crippen LogP contribution < -0.4 is 5.32 Å². The number of benzene rings is 1. The minimum atomic E-state index is -0.326. The Balaban J connectivity index is 2.28. The predicted molar refractivity (Wildman–Crippen MR) is 56.8 cm³/mol. The molecule has 0 aliphatic heterocycles. The van der Waals surface area contributed by atoms with E-state index in [2.05, 4.69) is 10.3 Å². The maximum Gasteiger partial charge on any atom is 0.187 e. The molecule has 0 aliphatic carbocycles. The van der Waals surface area contributed by atoms with E-state index in [-0.39, 0.29) is 5.82 Å². The van der Waals surface area contributed by atoms with E-state index in [0.29, 0.717) is 15.8 Å². The molecule has 2 nitrogen and oxygen atoms in total. The van der Waals surface area contributed by atoms with Crippen LogP contribution in [0.5, 0.6) is 0 Å². The standard InChI is InChI=1S/C9H6ClFN2S/c10-7-2-1-6(11)5-8(7)13-9-12-3-4-14-9/h1-5H,(H,12,13). The van der Waals surface area contributed by atoms with E-state index in [1.807, 2.05) is 5.38 Å². The fourth-order valence-corrected chi connectivity index (χ4v) is 1.70. The molecule has 0 aliphatic rings. The highest BCUT2D eigenvalue weighted by atomic mass is 35.5. The molecule has 1 aromatic heterocycles. The van der Waals surface area contributed by atoms with Crippen molar-refractivity contribution in [1.29, 1.82) is 0 Å². The maximum atomic E-state index is 12.9. The molecule has 0 atom stereocenters. The molecule has 0 radical (unpaired) electrons. The molecule has 2 rings (SSSR count). The SMILES string of the molecule is Fc1ccc(Cl)c(Nc2nccs2)c1. The summed E-state index contributed by atoms with van der Waals surface area (Å²) in [5.41, 5.74) is 0.529. The van der Waals surface area contributed by atoms with Gasteiger partial charge in [0.15, 0.2) is 5.13 Å². The molecule has 0 saturated heterocycles. The van der Waals surface area contributed by atoms with Crippen molar-refractivity contribution in [2.45, 2.75) is 0 Å². The number of thiazole rings is 1. The molecule has 0 spiro atoms. The molecule has 0 unspecified atom stereocenters.